The molecular weight excluding hydrogens is 192 g/mol. The zero-order valence-corrected chi connectivity index (χ0v) is 8.89. The van der Waals surface area contributed by atoms with E-state index in [1.807, 2.05) is 6.07 Å². The van der Waals surface area contributed by atoms with Crippen molar-refractivity contribution in [3.8, 4) is 0 Å². The molecule has 0 spiro atoms. The molecule has 81 valence electrons. The number of ether oxygens (including phenoxy) is 1. The third kappa shape index (κ3) is 2.43. The Balaban J connectivity index is 2.09. The van der Waals surface area contributed by atoms with E-state index < -0.39 is 0 Å². The van der Waals surface area contributed by atoms with Crippen molar-refractivity contribution in [1.29, 1.82) is 0 Å². The van der Waals surface area contributed by atoms with E-state index in [-0.39, 0.29) is 0 Å². The lowest BCUT2D eigenvalue weighted by Crippen LogP contribution is -2.49. The third-order valence-electron chi connectivity index (χ3n) is 2.41. The van der Waals surface area contributed by atoms with Crippen molar-refractivity contribution in [2.45, 2.75) is 6.92 Å². The monoisotopic (exact) mass is 207 g/mol. The first-order chi connectivity index (χ1) is 7.42. The molecule has 0 unspecified atom stereocenters. The molecule has 5 nitrogen and oxygen atoms in total. The van der Waals surface area contributed by atoms with Crippen molar-refractivity contribution in [1.82, 2.24) is 15.0 Å². The van der Waals surface area contributed by atoms with E-state index in [1.54, 1.807) is 6.20 Å². The van der Waals surface area contributed by atoms with Gasteiger partial charge in [0.05, 0.1) is 13.2 Å². The highest BCUT2D eigenvalue weighted by molar-refractivity contribution is 5.34. The Labute approximate surface area is 89.7 Å². The molecule has 1 aliphatic heterocycles. The van der Waals surface area contributed by atoms with Crippen molar-refractivity contribution >= 4 is 5.82 Å². The van der Waals surface area contributed by atoms with Gasteiger partial charge in [-0.2, -0.15) is 0 Å². The minimum Gasteiger partial charge on any atom is -0.379 e. The second-order valence-electron chi connectivity index (χ2n) is 3.30. The van der Waals surface area contributed by atoms with Crippen LogP contribution in [0, 0.1) is 6.33 Å². The van der Waals surface area contributed by atoms with Crippen LogP contribution in [0.25, 0.3) is 0 Å². The lowest BCUT2D eigenvalue weighted by Gasteiger charge is -2.37. The summed E-state index contributed by atoms with van der Waals surface area (Å²) in [6, 6.07) is 1.90. The van der Waals surface area contributed by atoms with Crippen LogP contribution < -0.4 is 5.01 Å². The SMILES string of the molecule is CCN(c1ccn[c]n1)N1CCOCC1. The van der Waals surface area contributed by atoms with Crippen molar-refractivity contribution in [3.05, 3.63) is 18.6 Å². The van der Waals surface area contributed by atoms with E-state index in [2.05, 4.69) is 33.2 Å². The molecule has 0 bridgehead atoms. The number of morpholine rings is 1. The molecule has 1 fully saturated rings. The summed E-state index contributed by atoms with van der Waals surface area (Å²) in [6.07, 6.45) is 4.33. The molecule has 2 heterocycles. The molecule has 1 saturated heterocycles. The summed E-state index contributed by atoms with van der Waals surface area (Å²) < 4.78 is 5.32. The summed E-state index contributed by atoms with van der Waals surface area (Å²) in [5.74, 6) is 0.898. The minimum atomic E-state index is 0.783. The Morgan fingerprint density at radius 3 is 2.93 bits per heavy atom. The summed E-state index contributed by atoms with van der Waals surface area (Å²) in [5.41, 5.74) is 0. The fourth-order valence-corrected chi connectivity index (χ4v) is 1.70. The molecule has 0 N–H and O–H groups in total. The Morgan fingerprint density at radius 1 is 1.53 bits per heavy atom. The number of hydrazine groups is 1. The van der Waals surface area contributed by atoms with Crippen LogP contribution in [0.5, 0.6) is 0 Å². The molecule has 1 radical (unpaired) electrons. The van der Waals surface area contributed by atoms with E-state index in [0.717, 1.165) is 38.7 Å². The zero-order valence-electron chi connectivity index (χ0n) is 8.89. The number of nitrogens with zero attached hydrogens (tertiary/aromatic N) is 4. The van der Waals surface area contributed by atoms with Gasteiger partial charge in [-0.05, 0) is 6.92 Å². The van der Waals surface area contributed by atoms with Crippen LogP contribution in [0.1, 0.15) is 6.92 Å². The summed E-state index contributed by atoms with van der Waals surface area (Å²) in [4.78, 5) is 7.93. The fraction of sp³-hybridized carbons (Fsp3) is 0.600. The lowest BCUT2D eigenvalue weighted by molar-refractivity contribution is 0.0318. The number of hydrogen-bond donors (Lipinski definition) is 0. The highest BCUT2D eigenvalue weighted by Crippen LogP contribution is 2.12. The highest BCUT2D eigenvalue weighted by Gasteiger charge is 2.18. The van der Waals surface area contributed by atoms with Crippen molar-refractivity contribution in [2.24, 2.45) is 0 Å². The Hall–Kier alpha value is -1.20. The Kier molecular flexibility index (Phi) is 3.47. The van der Waals surface area contributed by atoms with Gasteiger partial charge in [0.25, 0.3) is 0 Å². The van der Waals surface area contributed by atoms with Gasteiger partial charge in [-0.3, -0.25) is 5.01 Å². The third-order valence-corrected chi connectivity index (χ3v) is 2.41. The van der Waals surface area contributed by atoms with Crippen molar-refractivity contribution < 1.29 is 4.74 Å². The molecular formula is C10H15N4O. The van der Waals surface area contributed by atoms with E-state index in [0.29, 0.717) is 0 Å². The molecule has 0 amide bonds. The Morgan fingerprint density at radius 2 is 2.33 bits per heavy atom. The predicted molar refractivity (Wildman–Crippen MR) is 56.3 cm³/mol. The summed E-state index contributed by atoms with van der Waals surface area (Å²) in [7, 11) is 0. The molecule has 1 aliphatic rings. The van der Waals surface area contributed by atoms with Crippen LogP contribution in [0.4, 0.5) is 5.82 Å². The predicted octanol–water partition coefficient (Wildman–Crippen LogP) is 0.350. The maximum absolute atomic E-state index is 5.32. The second kappa shape index (κ2) is 5.04. The number of anilines is 1. The van der Waals surface area contributed by atoms with E-state index in [9.17, 15) is 0 Å². The van der Waals surface area contributed by atoms with Crippen LogP contribution in [0.3, 0.4) is 0 Å². The highest BCUT2D eigenvalue weighted by atomic mass is 16.5. The fourth-order valence-electron chi connectivity index (χ4n) is 1.70. The summed E-state index contributed by atoms with van der Waals surface area (Å²) in [5, 5.41) is 4.39. The second-order valence-corrected chi connectivity index (χ2v) is 3.30. The normalized spacial score (nSPS) is 17.7. The van der Waals surface area contributed by atoms with Gasteiger partial charge in [0.2, 0.25) is 0 Å². The van der Waals surface area contributed by atoms with Gasteiger partial charge in [-0.1, -0.05) is 0 Å². The van der Waals surface area contributed by atoms with Gasteiger partial charge in [-0.15, -0.1) is 0 Å². The van der Waals surface area contributed by atoms with Crippen molar-refractivity contribution in [2.75, 3.05) is 37.9 Å². The molecule has 1 aromatic heterocycles. The molecule has 1 aromatic rings. The van der Waals surface area contributed by atoms with Gasteiger partial charge in [0.1, 0.15) is 5.82 Å². The average Bonchev–Trinajstić information content (AvgIpc) is 2.33. The van der Waals surface area contributed by atoms with E-state index >= 15 is 0 Å². The first-order valence-corrected chi connectivity index (χ1v) is 5.21. The molecule has 2 rings (SSSR count). The Bertz CT molecular complexity index is 287. The molecule has 0 atom stereocenters. The molecule has 5 heteroatoms. The van der Waals surface area contributed by atoms with Crippen LogP contribution in [-0.2, 0) is 4.74 Å². The maximum Gasteiger partial charge on any atom is 0.199 e. The maximum atomic E-state index is 5.32. The first kappa shape index (κ1) is 10.3. The van der Waals surface area contributed by atoms with Crippen LogP contribution in [-0.4, -0.2) is 47.8 Å². The summed E-state index contributed by atoms with van der Waals surface area (Å²) in [6.45, 7) is 6.40. The van der Waals surface area contributed by atoms with Gasteiger partial charge < -0.3 is 4.74 Å². The van der Waals surface area contributed by atoms with Gasteiger partial charge in [0, 0.05) is 31.9 Å². The van der Waals surface area contributed by atoms with Crippen LogP contribution in [0.15, 0.2) is 12.3 Å². The largest absolute Gasteiger partial charge is 0.379 e. The first-order valence-electron chi connectivity index (χ1n) is 5.21. The summed E-state index contributed by atoms with van der Waals surface area (Å²) >= 11 is 0. The minimum absolute atomic E-state index is 0.783. The number of aromatic nitrogens is 2. The van der Waals surface area contributed by atoms with E-state index in [1.165, 1.54) is 0 Å². The zero-order chi connectivity index (χ0) is 10.5. The molecule has 0 saturated carbocycles. The van der Waals surface area contributed by atoms with Gasteiger partial charge in [0.15, 0.2) is 6.33 Å². The van der Waals surface area contributed by atoms with Crippen LogP contribution in [0.2, 0.25) is 0 Å². The van der Waals surface area contributed by atoms with Crippen molar-refractivity contribution in [3.63, 3.8) is 0 Å². The lowest BCUT2D eigenvalue weighted by atomic mass is 10.4. The quantitative estimate of drug-likeness (QED) is 0.715. The number of rotatable bonds is 3. The smallest absolute Gasteiger partial charge is 0.199 e. The number of hydrogen-bond acceptors (Lipinski definition) is 5. The molecule has 0 aliphatic carbocycles. The van der Waals surface area contributed by atoms with Gasteiger partial charge in [-0.25, -0.2) is 15.0 Å². The topological polar surface area (TPSA) is 41.5 Å². The molecule has 15 heavy (non-hydrogen) atoms. The average molecular weight is 207 g/mol. The molecule has 0 aromatic carbocycles. The standard InChI is InChI=1S/C10H15N4O/c1-2-14(10-3-4-11-9-12-10)13-5-7-15-8-6-13/h3-4H,2,5-8H2,1H3. The van der Waals surface area contributed by atoms with Gasteiger partial charge >= 0.3 is 0 Å². The van der Waals surface area contributed by atoms with E-state index in [4.69, 9.17) is 4.74 Å². The van der Waals surface area contributed by atoms with Crippen LogP contribution >= 0.6 is 0 Å².